The fourth-order valence-corrected chi connectivity index (χ4v) is 1.65. The van der Waals surface area contributed by atoms with Crippen molar-refractivity contribution in [1.29, 1.82) is 0 Å². The van der Waals surface area contributed by atoms with Crippen molar-refractivity contribution in [2.75, 3.05) is 0 Å². The molecule has 0 amide bonds. The highest BCUT2D eigenvalue weighted by atomic mass is 19.1. The second-order valence-electron chi connectivity index (χ2n) is 4.64. The summed E-state index contributed by atoms with van der Waals surface area (Å²) in [5.74, 6) is -0.229. The number of halogens is 1. The maximum atomic E-state index is 13.7. The second-order valence-corrected chi connectivity index (χ2v) is 4.64. The van der Waals surface area contributed by atoms with Crippen molar-refractivity contribution in [3.63, 3.8) is 0 Å². The molecule has 80 valence electrons. The first-order valence-corrected chi connectivity index (χ1v) is 4.98. The van der Waals surface area contributed by atoms with Gasteiger partial charge in [0, 0.05) is 5.22 Å². The van der Waals surface area contributed by atoms with E-state index in [0.717, 1.165) is 5.57 Å². The van der Waals surface area contributed by atoms with Crippen LogP contribution in [0.1, 0.15) is 20.8 Å². The lowest BCUT2D eigenvalue weighted by atomic mass is 9.84. The summed E-state index contributed by atoms with van der Waals surface area (Å²) in [4.78, 5) is 0. The van der Waals surface area contributed by atoms with Gasteiger partial charge in [-0.1, -0.05) is 52.1 Å². The Morgan fingerprint density at radius 2 is 1.93 bits per heavy atom. The average Bonchev–Trinajstić information content (AvgIpc) is 2.09. The Hall–Kier alpha value is -1.37. The molecule has 0 heterocycles. The summed E-state index contributed by atoms with van der Waals surface area (Å²) in [5.41, 5.74) is 0.765. The molecule has 1 heteroatoms. The van der Waals surface area contributed by atoms with Gasteiger partial charge in [-0.15, -0.1) is 0 Å². The third kappa shape index (κ3) is 2.35. The largest absolute Gasteiger partial charge is 0.206 e. The van der Waals surface area contributed by atoms with Gasteiger partial charge in [-0.3, -0.25) is 0 Å². The van der Waals surface area contributed by atoms with E-state index in [9.17, 15) is 4.39 Å². The number of hydrogen-bond acceptors (Lipinski definition) is 0. The van der Waals surface area contributed by atoms with Gasteiger partial charge in [0.25, 0.3) is 0 Å². The highest BCUT2D eigenvalue weighted by Gasteiger charge is 2.16. The predicted molar refractivity (Wildman–Crippen MR) is 64.2 cm³/mol. The van der Waals surface area contributed by atoms with Gasteiger partial charge in [-0.25, -0.2) is 4.39 Å². The minimum absolute atomic E-state index is 0.129. The van der Waals surface area contributed by atoms with Gasteiger partial charge in [0.05, 0.1) is 0 Å². The Labute approximate surface area is 90.4 Å². The molecule has 0 unspecified atom stereocenters. The van der Waals surface area contributed by atoms with Crippen LogP contribution < -0.4 is 10.4 Å². The molecule has 0 aliphatic rings. The van der Waals surface area contributed by atoms with Crippen LogP contribution in [0.5, 0.6) is 0 Å². The molecule has 0 aliphatic carbocycles. The van der Waals surface area contributed by atoms with Gasteiger partial charge in [0.2, 0.25) is 0 Å². The highest BCUT2D eigenvalue weighted by molar-refractivity contribution is 5.60. The summed E-state index contributed by atoms with van der Waals surface area (Å²) in [7, 11) is 0. The Morgan fingerprint density at radius 3 is 2.33 bits per heavy atom. The number of allylic oxidation sites excluding steroid dienone is 1. The van der Waals surface area contributed by atoms with Crippen LogP contribution >= 0.6 is 0 Å². The molecular weight excluding hydrogens is 187 g/mol. The molecule has 1 aromatic carbocycles. The van der Waals surface area contributed by atoms with Crippen LogP contribution in [0.15, 0.2) is 30.9 Å². The van der Waals surface area contributed by atoms with E-state index in [2.05, 4.69) is 13.2 Å². The third-order valence-corrected chi connectivity index (χ3v) is 2.38. The van der Waals surface area contributed by atoms with Crippen LogP contribution in [0.4, 0.5) is 4.39 Å². The van der Waals surface area contributed by atoms with Crippen LogP contribution in [0.25, 0.3) is 12.2 Å². The van der Waals surface area contributed by atoms with E-state index in [1.165, 1.54) is 6.07 Å². The Bertz CT molecular complexity index is 475. The van der Waals surface area contributed by atoms with Crippen LogP contribution in [0, 0.1) is 11.2 Å². The molecule has 0 aliphatic heterocycles. The standard InChI is InChI=1S/C14H17F/c1-6-11(14(3,4)5)13-10(2)8-7-9-12(13)15/h6-9H,1-2H2,3-5H3/b13-11-. The van der Waals surface area contributed by atoms with Crippen molar-refractivity contribution in [3.8, 4) is 0 Å². The molecular formula is C14H17F. The molecule has 0 aromatic heterocycles. The van der Waals surface area contributed by atoms with Gasteiger partial charge in [-0.05, 0) is 22.3 Å². The summed E-state index contributed by atoms with van der Waals surface area (Å²) in [6, 6.07) is 4.94. The summed E-state index contributed by atoms with van der Waals surface area (Å²) < 4.78 is 13.7. The van der Waals surface area contributed by atoms with Crippen molar-refractivity contribution in [2.24, 2.45) is 5.41 Å². The van der Waals surface area contributed by atoms with Crippen LogP contribution in [0.3, 0.4) is 0 Å². The summed E-state index contributed by atoms with van der Waals surface area (Å²) in [6.07, 6.45) is 1.72. The Morgan fingerprint density at radius 1 is 1.33 bits per heavy atom. The lowest BCUT2D eigenvalue weighted by Gasteiger charge is -2.20. The van der Waals surface area contributed by atoms with Gasteiger partial charge < -0.3 is 0 Å². The smallest absolute Gasteiger partial charge is 0.131 e. The first-order valence-electron chi connectivity index (χ1n) is 4.98. The predicted octanol–water partition coefficient (Wildman–Crippen LogP) is 2.62. The minimum Gasteiger partial charge on any atom is -0.206 e. The molecule has 1 aromatic rings. The molecule has 0 fully saturated rings. The summed E-state index contributed by atoms with van der Waals surface area (Å²) in [5, 5.41) is 1.29. The number of rotatable bonds is 1. The zero-order chi connectivity index (χ0) is 11.6. The van der Waals surface area contributed by atoms with E-state index in [1.807, 2.05) is 26.8 Å². The van der Waals surface area contributed by atoms with Crippen molar-refractivity contribution in [3.05, 3.63) is 47.1 Å². The van der Waals surface area contributed by atoms with Crippen molar-refractivity contribution < 1.29 is 4.39 Å². The van der Waals surface area contributed by atoms with E-state index in [1.54, 1.807) is 12.1 Å². The van der Waals surface area contributed by atoms with Crippen molar-refractivity contribution >= 4 is 12.2 Å². The second kappa shape index (κ2) is 4.01. The highest BCUT2D eigenvalue weighted by Crippen LogP contribution is 2.25. The zero-order valence-corrected chi connectivity index (χ0v) is 9.60. The lowest BCUT2D eigenvalue weighted by Crippen LogP contribution is -2.32. The minimum atomic E-state index is -0.229. The van der Waals surface area contributed by atoms with E-state index in [4.69, 9.17) is 0 Å². The Kier molecular flexibility index (Phi) is 3.13. The normalized spacial score (nSPS) is 13.6. The molecule has 0 saturated carbocycles. The first kappa shape index (κ1) is 11.7. The molecule has 0 bridgehead atoms. The topological polar surface area (TPSA) is 0 Å². The number of benzene rings is 1. The lowest BCUT2D eigenvalue weighted by molar-refractivity contribution is 0.557. The zero-order valence-electron chi connectivity index (χ0n) is 9.60. The quantitative estimate of drug-likeness (QED) is 0.659. The van der Waals surface area contributed by atoms with E-state index >= 15 is 0 Å². The maximum Gasteiger partial charge on any atom is 0.131 e. The fourth-order valence-electron chi connectivity index (χ4n) is 1.65. The first-order chi connectivity index (χ1) is 6.88. The summed E-state index contributed by atoms with van der Waals surface area (Å²) in [6.45, 7) is 13.7. The SMILES string of the molecule is C=C/C(=c1/c(F)cccc1=C)C(C)(C)C. The summed E-state index contributed by atoms with van der Waals surface area (Å²) >= 11 is 0. The van der Waals surface area contributed by atoms with E-state index in [0.29, 0.717) is 10.4 Å². The van der Waals surface area contributed by atoms with E-state index < -0.39 is 0 Å². The van der Waals surface area contributed by atoms with Gasteiger partial charge in [0.1, 0.15) is 5.82 Å². The molecule has 0 atom stereocenters. The van der Waals surface area contributed by atoms with Crippen LogP contribution in [0.2, 0.25) is 0 Å². The van der Waals surface area contributed by atoms with E-state index in [-0.39, 0.29) is 11.2 Å². The Balaban J connectivity index is 3.80. The monoisotopic (exact) mass is 204 g/mol. The molecule has 0 nitrogen and oxygen atoms in total. The van der Waals surface area contributed by atoms with Crippen molar-refractivity contribution in [2.45, 2.75) is 20.8 Å². The third-order valence-electron chi connectivity index (χ3n) is 2.38. The van der Waals surface area contributed by atoms with Gasteiger partial charge >= 0.3 is 0 Å². The van der Waals surface area contributed by atoms with Crippen molar-refractivity contribution in [1.82, 2.24) is 0 Å². The fraction of sp³-hybridized carbons (Fsp3) is 0.286. The molecule has 0 N–H and O–H groups in total. The van der Waals surface area contributed by atoms with Crippen LogP contribution in [-0.2, 0) is 0 Å². The molecule has 1 rings (SSSR count). The van der Waals surface area contributed by atoms with Gasteiger partial charge in [0.15, 0.2) is 0 Å². The van der Waals surface area contributed by atoms with Gasteiger partial charge in [-0.2, -0.15) is 0 Å². The molecule has 15 heavy (non-hydrogen) atoms. The maximum absolute atomic E-state index is 13.7. The number of hydrogen-bond donors (Lipinski definition) is 0. The molecule has 0 saturated heterocycles. The average molecular weight is 204 g/mol. The molecule has 0 spiro atoms. The molecule has 0 radical (unpaired) electrons. The van der Waals surface area contributed by atoms with Crippen LogP contribution in [-0.4, -0.2) is 0 Å².